The average molecular weight is 898 g/mol. The van der Waals surface area contributed by atoms with Crippen LogP contribution >= 0.6 is 0 Å². The fourth-order valence-corrected chi connectivity index (χ4v) is 8.26. The zero-order valence-corrected chi connectivity index (χ0v) is 42.5. The Bertz CT molecular complexity index is 1080. The largest absolute Gasteiger partial charge is 0.466 e. The minimum absolute atomic E-state index is 0.0154. The summed E-state index contributed by atoms with van der Waals surface area (Å²) < 4.78 is 5.46. The van der Waals surface area contributed by atoms with Crippen LogP contribution in [-0.4, -0.2) is 47.4 Å². The van der Waals surface area contributed by atoms with E-state index in [0.717, 1.165) is 77.0 Å². The Morgan fingerprint density at radius 1 is 0.438 bits per heavy atom. The van der Waals surface area contributed by atoms with Crippen LogP contribution in [0, 0.1) is 0 Å². The van der Waals surface area contributed by atoms with Crippen molar-refractivity contribution in [1.29, 1.82) is 0 Å². The molecular weight excluding hydrogens is 791 g/mol. The first-order valence-corrected chi connectivity index (χ1v) is 27.9. The predicted octanol–water partition coefficient (Wildman–Crippen LogP) is 17.0. The van der Waals surface area contributed by atoms with Crippen molar-refractivity contribution in [2.75, 3.05) is 13.2 Å². The van der Waals surface area contributed by atoms with Gasteiger partial charge < -0.3 is 20.3 Å². The molecule has 0 fully saturated rings. The van der Waals surface area contributed by atoms with Gasteiger partial charge >= 0.3 is 5.97 Å². The molecule has 0 bridgehead atoms. The number of esters is 1. The normalized spacial score (nSPS) is 13.0. The van der Waals surface area contributed by atoms with Crippen LogP contribution in [0.15, 0.2) is 48.6 Å². The number of aliphatic hydroxyl groups excluding tert-OH is 2. The molecule has 0 aliphatic heterocycles. The molecule has 0 saturated carbocycles. The standard InChI is InChI=1S/C58H107NO5/c1-3-5-7-9-11-13-14-15-16-17-19-23-26-29-32-36-40-44-48-52-58(63)64-53-49-45-41-37-33-30-27-24-21-18-20-22-25-28-31-35-39-43-47-51-57(62)59-55(54-60)56(61)50-46-42-38-34-12-10-8-6-4-2/h15-16,24,27,30,33,46,50,55-56,60-61H,3-14,17-23,25-26,28-29,31-32,34-45,47-49,51-54H2,1-2H3,(H,59,62)/b16-15-,27-24-,33-30-,50-46+. The van der Waals surface area contributed by atoms with Crippen molar-refractivity contribution in [1.82, 2.24) is 5.32 Å². The Morgan fingerprint density at radius 2 is 0.781 bits per heavy atom. The molecule has 2 atom stereocenters. The number of unbranched alkanes of at least 4 members (excludes halogenated alkanes) is 35. The number of hydrogen-bond donors (Lipinski definition) is 3. The summed E-state index contributed by atoms with van der Waals surface area (Å²) in [5, 5.41) is 22.9. The van der Waals surface area contributed by atoms with Gasteiger partial charge in [0.2, 0.25) is 5.91 Å². The zero-order chi connectivity index (χ0) is 46.5. The lowest BCUT2D eigenvalue weighted by molar-refractivity contribution is -0.143. The highest BCUT2D eigenvalue weighted by atomic mass is 16.5. The summed E-state index contributed by atoms with van der Waals surface area (Å²) in [4.78, 5) is 24.4. The van der Waals surface area contributed by atoms with Gasteiger partial charge in [-0.15, -0.1) is 0 Å². The molecule has 6 nitrogen and oxygen atoms in total. The zero-order valence-electron chi connectivity index (χ0n) is 42.5. The first-order chi connectivity index (χ1) is 31.5. The van der Waals surface area contributed by atoms with Crippen molar-refractivity contribution in [3.63, 3.8) is 0 Å². The number of aliphatic hydroxyl groups is 2. The Morgan fingerprint density at radius 3 is 1.20 bits per heavy atom. The minimum Gasteiger partial charge on any atom is -0.466 e. The second-order valence-electron chi connectivity index (χ2n) is 18.9. The highest BCUT2D eigenvalue weighted by Crippen LogP contribution is 2.15. The van der Waals surface area contributed by atoms with Gasteiger partial charge in [-0.2, -0.15) is 0 Å². The number of rotatable bonds is 51. The maximum atomic E-state index is 12.4. The molecule has 0 radical (unpaired) electrons. The van der Waals surface area contributed by atoms with Crippen LogP contribution < -0.4 is 5.32 Å². The topological polar surface area (TPSA) is 95.9 Å². The van der Waals surface area contributed by atoms with Crippen LogP contribution in [0.1, 0.15) is 284 Å². The van der Waals surface area contributed by atoms with Crippen molar-refractivity contribution in [2.45, 2.75) is 296 Å². The molecule has 1 amide bonds. The third-order valence-corrected chi connectivity index (χ3v) is 12.6. The lowest BCUT2D eigenvalue weighted by Gasteiger charge is -2.20. The SMILES string of the molecule is CCCCCCCC/C=C\CCCCCCCCCCCC(=O)OCCCCC/C=C\C=C/CCCCCCCCCCCCC(=O)NC(CO)C(O)/C=C/CCCCCCCCC. The van der Waals surface area contributed by atoms with E-state index in [-0.39, 0.29) is 18.5 Å². The summed E-state index contributed by atoms with van der Waals surface area (Å²) in [7, 11) is 0. The van der Waals surface area contributed by atoms with Crippen molar-refractivity contribution in [3.8, 4) is 0 Å². The third kappa shape index (κ3) is 49.3. The maximum absolute atomic E-state index is 12.4. The first-order valence-electron chi connectivity index (χ1n) is 27.9. The number of allylic oxidation sites excluding steroid dienone is 7. The number of amides is 1. The Labute approximate surface area is 397 Å². The van der Waals surface area contributed by atoms with Gasteiger partial charge in [0.05, 0.1) is 25.4 Å². The lowest BCUT2D eigenvalue weighted by atomic mass is 10.0. The monoisotopic (exact) mass is 898 g/mol. The van der Waals surface area contributed by atoms with E-state index in [0.29, 0.717) is 19.4 Å². The van der Waals surface area contributed by atoms with Crippen molar-refractivity contribution in [2.24, 2.45) is 0 Å². The molecule has 0 spiro atoms. The molecule has 0 aliphatic rings. The third-order valence-electron chi connectivity index (χ3n) is 12.6. The fourth-order valence-electron chi connectivity index (χ4n) is 8.26. The number of ether oxygens (including phenoxy) is 1. The molecule has 0 saturated heterocycles. The number of carbonyl (C=O) groups excluding carboxylic acids is 2. The highest BCUT2D eigenvalue weighted by Gasteiger charge is 2.18. The van der Waals surface area contributed by atoms with Crippen LogP contribution in [0.5, 0.6) is 0 Å². The molecule has 6 heteroatoms. The van der Waals surface area contributed by atoms with Crippen molar-refractivity contribution >= 4 is 11.9 Å². The smallest absolute Gasteiger partial charge is 0.305 e. The summed E-state index contributed by atoms with van der Waals surface area (Å²) in [6.07, 6.45) is 67.1. The molecule has 64 heavy (non-hydrogen) atoms. The molecule has 0 aromatic carbocycles. The van der Waals surface area contributed by atoms with Gasteiger partial charge in [-0.3, -0.25) is 9.59 Å². The van der Waals surface area contributed by atoms with E-state index < -0.39 is 12.1 Å². The van der Waals surface area contributed by atoms with Crippen LogP contribution in [-0.2, 0) is 14.3 Å². The molecule has 374 valence electrons. The molecule has 0 aromatic rings. The van der Waals surface area contributed by atoms with Gasteiger partial charge in [-0.05, 0) is 89.9 Å². The quantitative estimate of drug-likeness (QED) is 0.0245. The summed E-state index contributed by atoms with van der Waals surface area (Å²) in [6.45, 7) is 4.82. The van der Waals surface area contributed by atoms with E-state index in [1.54, 1.807) is 6.08 Å². The average Bonchev–Trinajstić information content (AvgIpc) is 3.29. The fraction of sp³-hybridized carbons (Fsp3) is 0.828. The number of carbonyl (C=O) groups is 2. The van der Waals surface area contributed by atoms with Crippen molar-refractivity contribution in [3.05, 3.63) is 48.6 Å². The molecule has 0 heterocycles. The van der Waals surface area contributed by atoms with Crippen LogP contribution in [0.4, 0.5) is 0 Å². The van der Waals surface area contributed by atoms with Gasteiger partial charge in [0.25, 0.3) is 0 Å². The summed E-state index contributed by atoms with van der Waals surface area (Å²) >= 11 is 0. The Kier molecular flexibility index (Phi) is 51.6. The van der Waals surface area contributed by atoms with Gasteiger partial charge in [-0.1, -0.05) is 229 Å². The van der Waals surface area contributed by atoms with Gasteiger partial charge in [0.1, 0.15) is 0 Å². The molecule has 0 aromatic heterocycles. The van der Waals surface area contributed by atoms with Crippen LogP contribution in [0.3, 0.4) is 0 Å². The summed E-state index contributed by atoms with van der Waals surface area (Å²) in [6, 6.07) is -0.634. The first kappa shape index (κ1) is 61.8. The summed E-state index contributed by atoms with van der Waals surface area (Å²) in [5.74, 6) is -0.0970. The summed E-state index contributed by atoms with van der Waals surface area (Å²) in [5.41, 5.74) is 0. The molecule has 0 aliphatic carbocycles. The Balaban J connectivity index is 3.46. The molecule has 2 unspecified atom stereocenters. The molecule has 3 N–H and O–H groups in total. The lowest BCUT2D eigenvalue weighted by Crippen LogP contribution is -2.45. The van der Waals surface area contributed by atoms with E-state index in [1.807, 2.05) is 6.08 Å². The van der Waals surface area contributed by atoms with Gasteiger partial charge in [0.15, 0.2) is 0 Å². The Hall–Kier alpha value is -2.18. The van der Waals surface area contributed by atoms with Gasteiger partial charge in [-0.25, -0.2) is 0 Å². The van der Waals surface area contributed by atoms with Crippen LogP contribution in [0.25, 0.3) is 0 Å². The van der Waals surface area contributed by atoms with E-state index in [2.05, 4.69) is 55.6 Å². The van der Waals surface area contributed by atoms with E-state index in [1.165, 1.54) is 180 Å². The van der Waals surface area contributed by atoms with Crippen molar-refractivity contribution < 1.29 is 24.5 Å². The number of hydrogen-bond acceptors (Lipinski definition) is 5. The van der Waals surface area contributed by atoms with E-state index in [9.17, 15) is 19.8 Å². The minimum atomic E-state index is -0.849. The van der Waals surface area contributed by atoms with Crippen LogP contribution in [0.2, 0.25) is 0 Å². The van der Waals surface area contributed by atoms with E-state index in [4.69, 9.17) is 4.74 Å². The second kappa shape index (κ2) is 53.4. The molecular formula is C58H107NO5. The number of nitrogens with one attached hydrogen (secondary N) is 1. The predicted molar refractivity (Wildman–Crippen MR) is 278 cm³/mol. The second-order valence-corrected chi connectivity index (χ2v) is 18.9. The van der Waals surface area contributed by atoms with E-state index >= 15 is 0 Å². The maximum Gasteiger partial charge on any atom is 0.305 e. The highest BCUT2D eigenvalue weighted by molar-refractivity contribution is 5.76. The van der Waals surface area contributed by atoms with Gasteiger partial charge in [0, 0.05) is 12.8 Å². The molecule has 0 rings (SSSR count).